The SMILES string of the molecule is COc1ccc(C[C@]2(CN3C[C@H]4C[C@@H](C3)c3cccc(=O)n3C4)C(=O)NC(=O)N(Cc3ccccc3)C2=O)cc1. The number of hydrogen-bond acceptors (Lipinski definition) is 6. The molecule has 2 aromatic carbocycles. The maximum absolute atomic E-state index is 14.3. The van der Waals surface area contributed by atoms with Gasteiger partial charge in [-0.2, -0.15) is 0 Å². The minimum atomic E-state index is -1.50. The zero-order chi connectivity index (χ0) is 27.9. The second-order valence-electron chi connectivity index (χ2n) is 11.1. The van der Waals surface area contributed by atoms with E-state index in [2.05, 4.69) is 10.2 Å². The highest BCUT2D eigenvalue weighted by Crippen LogP contribution is 2.38. The summed E-state index contributed by atoms with van der Waals surface area (Å²) in [6, 6.07) is 21.3. The van der Waals surface area contributed by atoms with Crippen molar-refractivity contribution in [1.82, 2.24) is 19.7 Å². The summed E-state index contributed by atoms with van der Waals surface area (Å²) in [5.74, 6) is -0.0319. The molecule has 9 nitrogen and oxygen atoms in total. The van der Waals surface area contributed by atoms with E-state index in [-0.39, 0.29) is 36.9 Å². The van der Waals surface area contributed by atoms with Crippen molar-refractivity contribution >= 4 is 17.8 Å². The van der Waals surface area contributed by atoms with Crippen molar-refractivity contribution in [2.24, 2.45) is 11.3 Å². The molecule has 40 heavy (non-hydrogen) atoms. The number of methoxy groups -OCH3 is 1. The smallest absolute Gasteiger partial charge is 0.331 e. The van der Waals surface area contributed by atoms with Crippen LogP contribution in [0.3, 0.4) is 0 Å². The van der Waals surface area contributed by atoms with Gasteiger partial charge in [0.1, 0.15) is 11.2 Å². The first-order valence-corrected chi connectivity index (χ1v) is 13.6. The highest BCUT2D eigenvalue weighted by molar-refractivity contribution is 6.19. The van der Waals surface area contributed by atoms with E-state index in [1.54, 1.807) is 31.4 Å². The topological polar surface area (TPSA) is 101 Å². The van der Waals surface area contributed by atoms with E-state index in [0.29, 0.717) is 25.4 Å². The van der Waals surface area contributed by atoms with Crippen LogP contribution in [-0.2, 0) is 29.1 Å². The molecule has 4 amide bonds. The Morgan fingerprint density at radius 2 is 1.65 bits per heavy atom. The van der Waals surface area contributed by atoms with Gasteiger partial charge in [-0.1, -0.05) is 48.5 Å². The Morgan fingerprint density at radius 1 is 0.875 bits per heavy atom. The molecule has 0 aliphatic carbocycles. The third-order valence-corrected chi connectivity index (χ3v) is 8.45. The predicted octanol–water partition coefficient (Wildman–Crippen LogP) is 2.78. The number of benzene rings is 2. The summed E-state index contributed by atoms with van der Waals surface area (Å²) >= 11 is 0. The number of barbiturate groups is 1. The van der Waals surface area contributed by atoms with Crippen molar-refractivity contribution in [3.05, 3.63) is 100.0 Å². The zero-order valence-corrected chi connectivity index (χ0v) is 22.4. The van der Waals surface area contributed by atoms with Crippen LogP contribution in [0.4, 0.5) is 4.79 Å². The van der Waals surface area contributed by atoms with Gasteiger partial charge in [0.25, 0.3) is 5.56 Å². The summed E-state index contributed by atoms with van der Waals surface area (Å²) in [5, 5.41) is 2.51. The number of nitrogens with one attached hydrogen (secondary N) is 1. The quantitative estimate of drug-likeness (QED) is 0.463. The molecule has 3 atom stereocenters. The van der Waals surface area contributed by atoms with Gasteiger partial charge in [-0.05, 0) is 48.1 Å². The van der Waals surface area contributed by atoms with Crippen LogP contribution in [-0.4, -0.2) is 59.0 Å². The molecule has 6 rings (SSSR count). The lowest BCUT2D eigenvalue weighted by atomic mass is 9.75. The molecule has 9 heteroatoms. The summed E-state index contributed by atoms with van der Waals surface area (Å²) < 4.78 is 7.16. The number of aromatic nitrogens is 1. The minimum Gasteiger partial charge on any atom is -0.497 e. The third kappa shape index (κ3) is 4.70. The van der Waals surface area contributed by atoms with Crippen LogP contribution in [0, 0.1) is 11.3 Å². The molecule has 4 heterocycles. The van der Waals surface area contributed by atoms with E-state index in [4.69, 9.17) is 4.74 Å². The maximum Gasteiger partial charge on any atom is 0.331 e. The lowest BCUT2D eigenvalue weighted by Gasteiger charge is -2.47. The van der Waals surface area contributed by atoms with Gasteiger partial charge in [-0.25, -0.2) is 4.79 Å². The van der Waals surface area contributed by atoms with Gasteiger partial charge in [0, 0.05) is 43.9 Å². The first-order chi connectivity index (χ1) is 19.4. The first-order valence-electron chi connectivity index (χ1n) is 13.6. The zero-order valence-electron chi connectivity index (χ0n) is 22.4. The van der Waals surface area contributed by atoms with Gasteiger partial charge < -0.3 is 14.2 Å². The monoisotopic (exact) mass is 540 g/mol. The molecule has 0 saturated carbocycles. The number of imide groups is 2. The second kappa shape index (κ2) is 10.4. The lowest BCUT2D eigenvalue weighted by Crippen LogP contribution is -2.67. The summed E-state index contributed by atoms with van der Waals surface area (Å²) in [4.78, 5) is 56.9. The Bertz CT molecular complexity index is 1500. The van der Waals surface area contributed by atoms with Crippen LogP contribution in [0.1, 0.15) is 29.2 Å². The molecular formula is C31H32N4O5. The highest BCUT2D eigenvalue weighted by Gasteiger charge is 2.55. The Balaban J connectivity index is 1.34. The number of fused-ring (bicyclic) bond motifs is 4. The van der Waals surface area contributed by atoms with Crippen LogP contribution >= 0.6 is 0 Å². The molecule has 206 valence electrons. The van der Waals surface area contributed by atoms with E-state index in [0.717, 1.165) is 23.2 Å². The molecule has 0 spiro atoms. The van der Waals surface area contributed by atoms with Crippen molar-refractivity contribution in [2.75, 3.05) is 26.7 Å². The molecule has 1 aromatic heterocycles. The fourth-order valence-electron chi connectivity index (χ4n) is 6.59. The number of nitrogens with zero attached hydrogens (tertiary/aromatic N) is 3. The molecule has 3 aliphatic heterocycles. The number of carbonyl (C=O) groups is 3. The molecular weight excluding hydrogens is 508 g/mol. The summed E-state index contributed by atoms with van der Waals surface area (Å²) in [6.07, 6.45) is 1.10. The molecule has 2 bridgehead atoms. The number of rotatable bonds is 7. The number of hydrogen-bond donors (Lipinski definition) is 1. The minimum absolute atomic E-state index is 0.00790. The Morgan fingerprint density at radius 3 is 2.40 bits per heavy atom. The predicted molar refractivity (Wildman–Crippen MR) is 148 cm³/mol. The van der Waals surface area contributed by atoms with Crippen LogP contribution in [0.15, 0.2) is 77.6 Å². The molecule has 2 fully saturated rings. The number of amides is 4. The summed E-state index contributed by atoms with van der Waals surface area (Å²) in [5.41, 5.74) is 1.10. The van der Waals surface area contributed by atoms with Crippen molar-refractivity contribution < 1.29 is 19.1 Å². The van der Waals surface area contributed by atoms with Gasteiger partial charge in [0.2, 0.25) is 11.8 Å². The van der Waals surface area contributed by atoms with Crippen molar-refractivity contribution in [2.45, 2.75) is 31.8 Å². The molecule has 3 aromatic rings. The molecule has 0 unspecified atom stereocenters. The normalized spacial score (nSPS) is 24.4. The van der Waals surface area contributed by atoms with Crippen LogP contribution in [0.25, 0.3) is 0 Å². The Kier molecular flexibility index (Phi) is 6.75. The Hall–Kier alpha value is -4.24. The molecule has 3 aliphatic rings. The van der Waals surface area contributed by atoms with Gasteiger partial charge in [-0.3, -0.25) is 24.6 Å². The average Bonchev–Trinajstić information content (AvgIpc) is 2.96. The first kappa shape index (κ1) is 26.0. The maximum atomic E-state index is 14.3. The highest BCUT2D eigenvalue weighted by atomic mass is 16.5. The number of ether oxygens (including phenoxy) is 1. The van der Waals surface area contributed by atoms with Crippen molar-refractivity contribution in [3.8, 4) is 5.75 Å². The van der Waals surface area contributed by atoms with E-state index in [9.17, 15) is 19.2 Å². The second-order valence-corrected chi connectivity index (χ2v) is 11.1. The van der Waals surface area contributed by atoms with Gasteiger partial charge in [0.05, 0.1) is 13.7 Å². The number of urea groups is 1. The van der Waals surface area contributed by atoms with Crippen molar-refractivity contribution in [1.29, 1.82) is 0 Å². The van der Waals surface area contributed by atoms with E-state index >= 15 is 0 Å². The molecule has 1 N–H and O–H groups in total. The van der Waals surface area contributed by atoms with Gasteiger partial charge in [0.15, 0.2) is 0 Å². The van der Waals surface area contributed by atoms with Crippen LogP contribution in [0.5, 0.6) is 5.75 Å². The fourth-order valence-corrected chi connectivity index (χ4v) is 6.59. The van der Waals surface area contributed by atoms with E-state index < -0.39 is 23.3 Å². The van der Waals surface area contributed by atoms with E-state index in [1.807, 2.05) is 53.1 Å². The van der Waals surface area contributed by atoms with Gasteiger partial charge in [-0.15, -0.1) is 0 Å². The van der Waals surface area contributed by atoms with E-state index in [1.165, 1.54) is 4.90 Å². The average molecular weight is 541 g/mol. The largest absolute Gasteiger partial charge is 0.497 e. The Labute approximate surface area is 232 Å². The number of pyridine rings is 1. The van der Waals surface area contributed by atoms with Crippen LogP contribution < -0.4 is 15.6 Å². The lowest BCUT2D eigenvalue weighted by molar-refractivity contribution is -0.154. The standard InChI is InChI=1S/C31H32N4O5/c1-40-25-12-10-21(11-13-25)15-31(28(37)32-30(39)35(29(31)38)17-22-6-3-2-4-7-22)20-33-16-23-14-24(19-33)26-8-5-9-27(36)34(26)18-23/h2-13,23-24H,14-20H2,1H3,(H,32,37,39)/t23-,24+,31+/m1/s1. The number of piperidine rings is 1. The third-order valence-electron chi connectivity index (χ3n) is 8.45. The molecule has 2 saturated heterocycles. The molecule has 0 radical (unpaired) electrons. The van der Waals surface area contributed by atoms with Crippen molar-refractivity contribution in [3.63, 3.8) is 0 Å². The summed E-state index contributed by atoms with van der Waals surface area (Å²) in [7, 11) is 1.58. The number of carbonyl (C=O) groups excluding carboxylic acids is 3. The summed E-state index contributed by atoms with van der Waals surface area (Å²) in [6.45, 7) is 2.15. The van der Waals surface area contributed by atoms with Crippen LogP contribution in [0.2, 0.25) is 0 Å². The fraction of sp³-hybridized carbons (Fsp3) is 0.355. The van der Waals surface area contributed by atoms with Gasteiger partial charge >= 0.3 is 6.03 Å². The number of likely N-dealkylation sites (tertiary alicyclic amines) is 1.